The molecule has 0 saturated carbocycles. The van der Waals surface area contributed by atoms with Crippen molar-refractivity contribution in [1.82, 2.24) is 0 Å². The molecule has 0 aliphatic carbocycles. The van der Waals surface area contributed by atoms with Crippen molar-refractivity contribution >= 4 is 34.8 Å². The topological polar surface area (TPSA) is 71.3 Å². The molecular weight excluding hydrogens is 352 g/mol. The number of rotatable bonds is 4. The Morgan fingerprint density at radius 3 is 2.38 bits per heavy atom. The monoisotopic (exact) mass is 368 g/mol. The van der Waals surface area contributed by atoms with Crippen LogP contribution in [0.4, 0.5) is 11.4 Å². The zero-order valence-electron chi connectivity index (χ0n) is 14.3. The molecule has 0 bridgehead atoms. The van der Waals surface area contributed by atoms with Gasteiger partial charge in [-0.2, -0.15) is 0 Å². The van der Waals surface area contributed by atoms with Gasteiger partial charge in [-0.1, -0.05) is 17.7 Å². The minimum absolute atomic E-state index is 0.188. The average Bonchev–Trinajstić information content (AvgIpc) is 3.14. The maximum atomic E-state index is 12.4. The minimum atomic E-state index is -0.399. The molecule has 0 unspecified atom stereocenters. The first-order valence-electron chi connectivity index (χ1n) is 7.97. The van der Waals surface area contributed by atoms with Crippen LogP contribution in [0, 0.1) is 13.8 Å². The van der Waals surface area contributed by atoms with Gasteiger partial charge in [-0.15, -0.1) is 0 Å². The van der Waals surface area contributed by atoms with E-state index < -0.39 is 5.91 Å². The van der Waals surface area contributed by atoms with E-state index in [4.69, 9.17) is 16.0 Å². The SMILES string of the molecule is Cc1ccc(C(=O)Nc2ccc(NC(=O)c3ccco3)c(Cl)c2)cc1C. The highest BCUT2D eigenvalue weighted by Crippen LogP contribution is 2.26. The van der Waals surface area contributed by atoms with Gasteiger partial charge in [-0.05, 0) is 67.4 Å². The quantitative estimate of drug-likeness (QED) is 0.676. The highest BCUT2D eigenvalue weighted by molar-refractivity contribution is 6.34. The van der Waals surface area contributed by atoms with Crippen molar-refractivity contribution in [1.29, 1.82) is 0 Å². The number of halogens is 1. The van der Waals surface area contributed by atoms with E-state index in [1.165, 1.54) is 6.26 Å². The number of furan rings is 1. The molecule has 3 aromatic rings. The molecule has 2 amide bonds. The van der Waals surface area contributed by atoms with Gasteiger partial charge in [0.15, 0.2) is 5.76 Å². The predicted molar refractivity (Wildman–Crippen MR) is 102 cm³/mol. The van der Waals surface area contributed by atoms with Gasteiger partial charge in [-0.25, -0.2) is 0 Å². The van der Waals surface area contributed by atoms with Crippen molar-refractivity contribution < 1.29 is 14.0 Å². The second-order valence-corrected chi connectivity index (χ2v) is 6.29. The van der Waals surface area contributed by atoms with Crippen LogP contribution in [-0.4, -0.2) is 11.8 Å². The molecule has 0 radical (unpaired) electrons. The molecular formula is C20H17ClN2O3. The van der Waals surface area contributed by atoms with Crippen LogP contribution >= 0.6 is 11.6 Å². The summed E-state index contributed by atoms with van der Waals surface area (Å²) in [5.41, 5.74) is 3.71. The normalized spacial score (nSPS) is 10.4. The molecule has 0 aliphatic heterocycles. The Kier molecular flexibility index (Phi) is 5.09. The molecule has 1 aromatic heterocycles. The first kappa shape index (κ1) is 17.8. The molecule has 6 heteroatoms. The van der Waals surface area contributed by atoms with Crippen LogP contribution in [-0.2, 0) is 0 Å². The summed E-state index contributed by atoms with van der Waals surface area (Å²) in [5.74, 6) is -0.437. The van der Waals surface area contributed by atoms with Crippen molar-refractivity contribution in [3.63, 3.8) is 0 Å². The number of aryl methyl sites for hydroxylation is 2. The van der Waals surface area contributed by atoms with Crippen molar-refractivity contribution in [3.05, 3.63) is 82.3 Å². The molecule has 5 nitrogen and oxygen atoms in total. The standard InChI is InChI=1S/C20H17ClN2O3/c1-12-5-6-14(10-13(12)2)19(24)22-15-7-8-17(16(21)11-15)23-20(25)18-4-3-9-26-18/h3-11H,1-2H3,(H,22,24)(H,23,25). The van der Waals surface area contributed by atoms with Crippen LogP contribution in [0.15, 0.2) is 59.2 Å². The fraction of sp³-hybridized carbons (Fsp3) is 0.100. The third kappa shape index (κ3) is 3.95. The Labute approximate surface area is 156 Å². The van der Waals surface area contributed by atoms with E-state index in [1.54, 1.807) is 36.4 Å². The van der Waals surface area contributed by atoms with Crippen LogP contribution < -0.4 is 10.6 Å². The minimum Gasteiger partial charge on any atom is -0.459 e. The number of carbonyl (C=O) groups is 2. The first-order valence-corrected chi connectivity index (χ1v) is 8.35. The molecule has 3 rings (SSSR count). The van der Waals surface area contributed by atoms with Crippen LogP contribution in [0.3, 0.4) is 0 Å². The molecule has 26 heavy (non-hydrogen) atoms. The third-order valence-corrected chi connectivity index (χ3v) is 4.30. The van der Waals surface area contributed by atoms with E-state index in [1.807, 2.05) is 26.0 Å². The van der Waals surface area contributed by atoms with Gasteiger partial charge in [0.1, 0.15) is 0 Å². The second-order valence-electron chi connectivity index (χ2n) is 5.88. The van der Waals surface area contributed by atoms with E-state index in [0.29, 0.717) is 22.0 Å². The first-order chi connectivity index (χ1) is 12.4. The zero-order valence-corrected chi connectivity index (χ0v) is 15.1. The average molecular weight is 369 g/mol. The summed E-state index contributed by atoms with van der Waals surface area (Å²) in [6.45, 7) is 3.95. The molecule has 0 atom stereocenters. The van der Waals surface area contributed by atoms with E-state index >= 15 is 0 Å². The fourth-order valence-electron chi connectivity index (χ4n) is 2.37. The number of hydrogen-bond acceptors (Lipinski definition) is 3. The van der Waals surface area contributed by atoms with Crippen LogP contribution in [0.25, 0.3) is 0 Å². The van der Waals surface area contributed by atoms with Crippen LogP contribution in [0.1, 0.15) is 32.0 Å². The molecule has 2 aromatic carbocycles. The second kappa shape index (κ2) is 7.45. The van der Waals surface area contributed by atoms with Crippen molar-refractivity contribution in [2.45, 2.75) is 13.8 Å². The lowest BCUT2D eigenvalue weighted by Crippen LogP contribution is -2.13. The van der Waals surface area contributed by atoms with Gasteiger partial charge in [-0.3, -0.25) is 9.59 Å². The fourth-order valence-corrected chi connectivity index (χ4v) is 2.60. The van der Waals surface area contributed by atoms with Crippen LogP contribution in [0.5, 0.6) is 0 Å². The number of benzene rings is 2. The Morgan fingerprint density at radius 1 is 0.923 bits per heavy atom. The Balaban J connectivity index is 1.71. The van der Waals surface area contributed by atoms with Gasteiger partial charge in [0.05, 0.1) is 17.0 Å². The summed E-state index contributed by atoms with van der Waals surface area (Å²) in [6, 6.07) is 13.6. The smallest absolute Gasteiger partial charge is 0.291 e. The van der Waals surface area contributed by atoms with E-state index in [9.17, 15) is 9.59 Å². The highest BCUT2D eigenvalue weighted by Gasteiger charge is 2.12. The van der Waals surface area contributed by atoms with Gasteiger partial charge in [0, 0.05) is 11.3 Å². The summed E-state index contributed by atoms with van der Waals surface area (Å²) in [7, 11) is 0. The lowest BCUT2D eigenvalue weighted by molar-refractivity contribution is 0.0994. The molecule has 0 spiro atoms. The van der Waals surface area contributed by atoms with Crippen molar-refractivity contribution in [3.8, 4) is 0 Å². The summed E-state index contributed by atoms with van der Waals surface area (Å²) >= 11 is 6.21. The summed E-state index contributed by atoms with van der Waals surface area (Å²) in [4.78, 5) is 24.4. The maximum absolute atomic E-state index is 12.4. The molecule has 0 fully saturated rings. The Hall–Kier alpha value is -3.05. The zero-order chi connectivity index (χ0) is 18.7. The molecule has 132 valence electrons. The van der Waals surface area contributed by atoms with Gasteiger partial charge >= 0.3 is 0 Å². The Bertz CT molecular complexity index is 965. The maximum Gasteiger partial charge on any atom is 0.291 e. The van der Waals surface area contributed by atoms with E-state index in [2.05, 4.69) is 10.6 Å². The summed E-state index contributed by atoms with van der Waals surface area (Å²) in [5, 5.41) is 5.77. The van der Waals surface area contributed by atoms with Crippen molar-refractivity contribution in [2.24, 2.45) is 0 Å². The van der Waals surface area contributed by atoms with Gasteiger partial charge in [0.2, 0.25) is 0 Å². The Morgan fingerprint density at radius 2 is 1.73 bits per heavy atom. The van der Waals surface area contributed by atoms with Gasteiger partial charge in [0.25, 0.3) is 11.8 Å². The third-order valence-electron chi connectivity index (χ3n) is 3.99. The summed E-state index contributed by atoms with van der Waals surface area (Å²) in [6.07, 6.45) is 1.42. The van der Waals surface area contributed by atoms with E-state index in [0.717, 1.165) is 11.1 Å². The summed E-state index contributed by atoms with van der Waals surface area (Å²) < 4.78 is 5.04. The van der Waals surface area contributed by atoms with Gasteiger partial charge < -0.3 is 15.1 Å². The molecule has 1 heterocycles. The van der Waals surface area contributed by atoms with E-state index in [-0.39, 0.29) is 11.7 Å². The molecule has 2 N–H and O–H groups in total. The number of nitrogens with one attached hydrogen (secondary N) is 2. The predicted octanol–water partition coefficient (Wildman–Crippen LogP) is 5.05. The number of carbonyl (C=O) groups excluding carboxylic acids is 2. The van der Waals surface area contributed by atoms with Crippen LogP contribution in [0.2, 0.25) is 5.02 Å². The lowest BCUT2D eigenvalue weighted by atomic mass is 10.1. The number of amides is 2. The lowest BCUT2D eigenvalue weighted by Gasteiger charge is -2.10. The number of anilines is 2. The van der Waals surface area contributed by atoms with Crippen molar-refractivity contribution in [2.75, 3.05) is 10.6 Å². The molecule has 0 aliphatic rings. The number of hydrogen-bond donors (Lipinski definition) is 2. The largest absolute Gasteiger partial charge is 0.459 e. The highest BCUT2D eigenvalue weighted by atomic mass is 35.5. The molecule has 0 saturated heterocycles.